The fraction of sp³-hybridized carbons (Fsp3) is 0.455. The molecule has 5 heteroatoms. The number of nitrogens with zero attached hydrogens (tertiary/aromatic N) is 1. The predicted octanol–water partition coefficient (Wildman–Crippen LogP) is 2.68. The summed E-state index contributed by atoms with van der Waals surface area (Å²) in [4.78, 5) is 1.95. The highest BCUT2D eigenvalue weighted by Gasteiger charge is 2.10. The van der Waals surface area contributed by atoms with Gasteiger partial charge in [0.25, 0.3) is 0 Å². The monoisotopic (exact) mass is 266 g/mol. The molecule has 0 fully saturated rings. The van der Waals surface area contributed by atoms with E-state index in [1.165, 1.54) is 6.07 Å². The summed E-state index contributed by atoms with van der Waals surface area (Å²) < 4.78 is 13.4. The van der Waals surface area contributed by atoms with Gasteiger partial charge in [0.15, 0.2) is 0 Å². The summed E-state index contributed by atoms with van der Waals surface area (Å²) in [6.07, 6.45) is 0. The Kier molecular flexibility index (Phi) is 6.91. The summed E-state index contributed by atoms with van der Waals surface area (Å²) in [6.45, 7) is 3.11. The van der Waals surface area contributed by atoms with Gasteiger partial charge in [-0.2, -0.15) is 0 Å². The van der Waals surface area contributed by atoms with Crippen LogP contribution in [0.2, 0.25) is 5.02 Å². The maximum Gasteiger partial charge on any atom is 0.129 e. The van der Waals surface area contributed by atoms with Crippen molar-refractivity contribution in [2.75, 3.05) is 13.6 Å². The van der Waals surface area contributed by atoms with Gasteiger partial charge in [0.05, 0.1) is 0 Å². The third-order valence-corrected chi connectivity index (χ3v) is 2.44. The van der Waals surface area contributed by atoms with Crippen LogP contribution in [0, 0.1) is 5.82 Å². The first-order valence-corrected chi connectivity index (χ1v) is 5.25. The third kappa shape index (κ3) is 4.66. The molecule has 0 aliphatic rings. The first kappa shape index (κ1) is 15.7. The highest BCUT2D eigenvalue weighted by molar-refractivity contribution is 6.31. The van der Waals surface area contributed by atoms with E-state index in [1.807, 2.05) is 18.9 Å². The minimum absolute atomic E-state index is 0. The molecule has 16 heavy (non-hydrogen) atoms. The molecule has 1 aromatic rings. The molecule has 1 aromatic carbocycles. The molecule has 0 aromatic heterocycles. The van der Waals surface area contributed by atoms with Crippen LogP contribution in [0.5, 0.6) is 0 Å². The average Bonchev–Trinajstić information content (AvgIpc) is 2.10. The first-order chi connectivity index (χ1) is 7.00. The fourth-order valence-electron chi connectivity index (χ4n) is 1.51. The van der Waals surface area contributed by atoms with E-state index in [0.29, 0.717) is 23.7 Å². The molecule has 2 N–H and O–H groups in total. The maximum absolute atomic E-state index is 13.4. The maximum atomic E-state index is 13.4. The van der Waals surface area contributed by atoms with E-state index < -0.39 is 0 Å². The molecule has 0 saturated heterocycles. The van der Waals surface area contributed by atoms with Crippen LogP contribution in [0.4, 0.5) is 4.39 Å². The second-order valence-electron chi connectivity index (χ2n) is 3.87. The summed E-state index contributed by atoms with van der Waals surface area (Å²) in [5.74, 6) is -0.265. The lowest BCUT2D eigenvalue weighted by atomic mass is 10.2. The Bertz CT molecular complexity index is 312. The molecule has 0 spiro atoms. The van der Waals surface area contributed by atoms with Gasteiger partial charge in [-0.3, -0.25) is 0 Å². The van der Waals surface area contributed by atoms with E-state index in [-0.39, 0.29) is 24.3 Å². The predicted molar refractivity (Wildman–Crippen MR) is 68.6 cm³/mol. The quantitative estimate of drug-likeness (QED) is 0.908. The van der Waals surface area contributed by atoms with Gasteiger partial charge < -0.3 is 10.6 Å². The van der Waals surface area contributed by atoms with Crippen LogP contribution in [-0.4, -0.2) is 24.5 Å². The Labute approximate surface area is 107 Å². The van der Waals surface area contributed by atoms with E-state index in [0.717, 1.165) is 0 Å². The van der Waals surface area contributed by atoms with E-state index in [9.17, 15) is 4.39 Å². The standard InChI is InChI=1S/C11H16ClFN2.ClH/c1-8(14)6-15(2)7-9-10(12)4-3-5-11(9)13;/h3-5,8H,6-7,14H2,1-2H3;1H. The summed E-state index contributed by atoms with van der Waals surface area (Å²) in [5.41, 5.74) is 6.18. The number of nitrogens with two attached hydrogens (primary N) is 1. The van der Waals surface area contributed by atoms with Crippen LogP contribution < -0.4 is 5.73 Å². The topological polar surface area (TPSA) is 29.3 Å². The molecule has 1 rings (SSSR count). The van der Waals surface area contributed by atoms with Crippen molar-refractivity contribution in [1.29, 1.82) is 0 Å². The second-order valence-corrected chi connectivity index (χ2v) is 4.28. The normalized spacial score (nSPS) is 12.4. The lowest BCUT2D eigenvalue weighted by Gasteiger charge is -2.19. The van der Waals surface area contributed by atoms with Gasteiger partial charge in [0.1, 0.15) is 5.82 Å². The zero-order valence-electron chi connectivity index (χ0n) is 9.41. The average molecular weight is 267 g/mol. The van der Waals surface area contributed by atoms with Crippen molar-refractivity contribution in [2.24, 2.45) is 5.73 Å². The van der Waals surface area contributed by atoms with Crippen molar-refractivity contribution in [3.63, 3.8) is 0 Å². The largest absolute Gasteiger partial charge is 0.327 e. The zero-order valence-corrected chi connectivity index (χ0v) is 11.0. The molecule has 92 valence electrons. The molecule has 0 radical (unpaired) electrons. The number of hydrogen-bond acceptors (Lipinski definition) is 2. The van der Waals surface area contributed by atoms with Crippen LogP contribution in [0.25, 0.3) is 0 Å². The molecule has 0 heterocycles. The molecular weight excluding hydrogens is 250 g/mol. The number of benzene rings is 1. The Balaban J connectivity index is 0.00000225. The highest BCUT2D eigenvalue weighted by Crippen LogP contribution is 2.20. The second kappa shape index (κ2) is 7.07. The molecular formula is C11H17Cl2FN2. The highest BCUT2D eigenvalue weighted by atomic mass is 35.5. The molecule has 1 unspecified atom stereocenters. The minimum atomic E-state index is -0.265. The van der Waals surface area contributed by atoms with Crippen LogP contribution in [-0.2, 0) is 6.54 Å². The summed E-state index contributed by atoms with van der Waals surface area (Å²) in [5, 5.41) is 0.464. The van der Waals surface area contributed by atoms with Gasteiger partial charge in [-0.1, -0.05) is 17.7 Å². The van der Waals surface area contributed by atoms with E-state index in [2.05, 4.69) is 0 Å². The molecule has 0 amide bonds. The van der Waals surface area contributed by atoms with Crippen LogP contribution in [0.3, 0.4) is 0 Å². The zero-order chi connectivity index (χ0) is 11.4. The first-order valence-electron chi connectivity index (χ1n) is 4.87. The molecule has 0 bridgehead atoms. The van der Waals surface area contributed by atoms with E-state index >= 15 is 0 Å². The Morgan fingerprint density at radius 3 is 2.62 bits per heavy atom. The van der Waals surface area contributed by atoms with Gasteiger partial charge in [0, 0.05) is 29.7 Å². The molecule has 0 saturated carbocycles. The van der Waals surface area contributed by atoms with Gasteiger partial charge in [-0.15, -0.1) is 12.4 Å². The van der Waals surface area contributed by atoms with Gasteiger partial charge in [0.2, 0.25) is 0 Å². The van der Waals surface area contributed by atoms with Crippen molar-refractivity contribution in [3.05, 3.63) is 34.6 Å². The minimum Gasteiger partial charge on any atom is -0.327 e. The van der Waals surface area contributed by atoms with Crippen molar-refractivity contribution in [3.8, 4) is 0 Å². The number of likely N-dealkylation sites (N-methyl/N-ethyl adjacent to an activating group) is 1. The Morgan fingerprint density at radius 2 is 2.12 bits per heavy atom. The molecule has 1 atom stereocenters. The summed E-state index contributed by atoms with van der Waals surface area (Å²) >= 11 is 5.91. The number of rotatable bonds is 4. The Morgan fingerprint density at radius 1 is 1.50 bits per heavy atom. The van der Waals surface area contributed by atoms with Crippen LogP contribution in [0.15, 0.2) is 18.2 Å². The van der Waals surface area contributed by atoms with Crippen molar-refractivity contribution < 1.29 is 4.39 Å². The smallest absolute Gasteiger partial charge is 0.129 e. The lowest BCUT2D eigenvalue weighted by Crippen LogP contribution is -2.32. The van der Waals surface area contributed by atoms with Crippen molar-refractivity contribution in [1.82, 2.24) is 4.90 Å². The third-order valence-electron chi connectivity index (χ3n) is 2.09. The van der Waals surface area contributed by atoms with E-state index in [4.69, 9.17) is 17.3 Å². The number of halogens is 3. The van der Waals surface area contributed by atoms with Gasteiger partial charge in [-0.05, 0) is 26.1 Å². The van der Waals surface area contributed by atoms with Crippen LogP contribution in [0.1, 0.15) is 12.5 Å². The van der Waals surface area contributed by atoms with Crippen molar-refractivity contribution >= 4 is 24.0 Å². The molecule has 0 aliphatic heterocycles. The summed E-state index contributed by atoms with van der Waals surface area (Å²) in [7, 11) is 1.89. The van der Waals surface area contributed by atoms with Gasteiger partial charge >= 0.3 is 0 Å². The van der Waals surface area contributed by atoms with E-state index in [1.54, 1.807) is 12.1 Å². The SMILES string of the molecule is CC(N)CN(C)Cc1c(F)cccc1Cl.Cl. The fourth-order valence-corrected chi connectivity index (χ4v) is 1.73. The molecule has 2 nitrogen and oxygen atoms in total. The number of hydrogen-bond donors (Lipinski definition) is 1. The summed E-state index contributed by atoms with van der Waals surface area (Å²) in [6, 6.07) is 4.79. The molecule has 0 aliphatic carbocycles. The van der Waals surface area contributed by atoms with Crippen LogP contribution >= 0.6 is 24.0 Å². The Hall–Kier alpha value is -0.350. The lowest BCUT2D eigenvalue weighted by molar-refractivity contribution is 0.305. The van der Waals surface area contributed by atoms with Crippen molar-refractivity contribution in [2.45, 2.75) is 19.5 Å². The van der Waals surface area contributed by atoms with Gasteiger partial charge in [-0.25, -0.2) is 4.39 Å².